The molecule has 0 aliphatic carbocycles. The summed E-state index contributed by atoms with van der Waals surface area (Å²) in [5, 5.41) is 11.5. The average molecular weight is 258 g/mol. The molecule has 0 aromatic rings. The molecule has 0 aromatic carbocycles. The molecule has 0 rings (SSSR count). The molecule has 18 heavy (non-hydrogen) atoms. The van der Waals surface area contributed by atoms with Gasteiger partial charge in [0.25, 0.3) is 0 Å². The number of carboxylic acid groups (broad SMARTS) is 1. The van der Waals surface area contributed by atoms with Gasteiger partial charge in [0.15, 0.2) is 0 Å². The zero-order valence-electron chi connectivity index (χ0n) is 11.6. The Morgan fingerprint density at radius 1 is 1.22 bits per heavy atom. The first-order valence-corrected chi connectivity index (χ1v) is 6.58. The van der Waals surface area contributed by atoms with Gasteiger partial charge in [-0.15, -0.1) is 0 Å². The van der Waals surface area contributed by atoms with E-state index in [9.17, 15) is 9.59 Å². The van der Waals surface area contributed by atoms with E-state index in [4.69, 9.17) is 10.8 Å². The summed E-state index contributed by atoms with van der Waals surface area (Å²) in [6, 6.07) is 0. The maximum Gasteiger partial charge on any atom is 0.303 e. The Hall–Kier alpha value is -1.10. The largest absolute Gasteiger partial charge is 0.481 e. The summed E-state index contributed by atoms with van der Waals surface area (Å²) in [5.41, 5.74) is 5.41. The fourth-order valence-electron chi connectivity index (χ4n) is 1.78. The minimum absolute atomic E-state index is 0.0294. The van der Waals surface area contributed by atoms with E-state index in [2.05, 4.69) is 19.2 Å². The topological polar surface area (TPSA) is 92.4 Å². The van der Waals surface area contributed by atoms with Crippen LogP contribution in [0.25, 0.3) is 0 Å². The third kappa shape index (κ3) is 7.27. The molecule has 0 aliphatic heterocycles. The Balaban J connectivity index is 3.97. The summed E-state index contributed by atoms with van der Waals surface area (Å²) in [4.78, 5) is 22.1. The molecule has 0 spiro atoms. The lowest BCUT2D eigenvalue weighted by Crippen LogP contribution is -2.34. The van der Waals surface area contributed by atoms with Crippen LogP contribution >= 0.6 is 0 Å². The summed E-state index contributed by atoms with van der Waals surface area (Å²) in [6.45, 7) is 6.89. The third-order valence-corrected chi connectivity index (χ3v) is 3.29. The van der Waals surface area contributed by atoms with Crippen LogP contribution in [0, 0.1) is 17.8 Å². The Labute approximate surface area is 109 Å². The van der Waals surface area contributed by atoms with Gasteiger partial charge in [-0.1, -0.05) is 20.8 Å². The second-order valence-electron chi connectivity index (χ2n) is 5.15. The Kier molecular flexibility index (Phi) is 8.37. The van der Waals surface area contributed by atoms with Crippen molar-refractivity contribution in [1.29, 1.82) is 0 Å². The molecule has 2 unspecified atom stereocenters. The van der Waals surface area contributed by atoms with Crippen LogP contribution in [0.3, 0.4) is 0 Å². The highest BCUT2D eigenvalue weighted by Crippen LogP contribution is 2.20. The fourth-order valence-corrected chi connectivity index (χ4v) is 1.78. The van der Waals surface area contributed by atoms with Gasteiger partial charge in [0, 0.05) is 25.4 Å². The van der Waals surface area contributed by atoms with Crippen LogP contribution in [0.4, 0.5) is 0 Å². The van der Waals surface area contributed by atoms with Crippen molar-refractivity contribution in [3.8, 4) is 0 Å². The first-order valence-electron chi connectivity index (χ1n) is 6.58. The molecular formula is C13H26N2O3. The van der Waals surface area contributed by atoms with E-state index in [-0.39, 0.29) is 18.2 Å². The van der Waals surface area contributed by atoms with Crippen molar-refractivity contribution < 1.29 is 14.7 Å². The zero-order valence-corrected chi connectivity index (χ0v) is 11.6. The molecule has 2 atom stereocenters. The minimum atomic E-state index is -0.763. The molecule has 0 heterocycles. The number of hydrogen-bond acceptors (Lipinski definition) is 3. The Morgan fingerprint density at radius 3 is 2.28 bits per heavy atom. The molecule has 5 nitrogen and oxygen atoms in total. The fraction of sp³-hybridized carbons (Fsp3) is 0.846. The second-order valence-corrected chi connectivity index (χ2v) is 5.15. The van der Waals surface area contributed by atoms with Gasteiger partial charge < -0.3 is 16.2 Å². The van der Waals surface area contributed by atoms with Crippen LogP contribution in [-0.4, -0.2) is 30.1 Å². The lowest BCUT2D eigenvalue weighted by atomic mass is 9.88. The molecule has 4 N–H and O–H groups in total. The zero-order chi connectivity index (χ0) is 14.1. The molecule has 0 aromatic heterocycles. The monoisotopic (exact) mass is 258 g/mol. The first-order chi connectivity index (χ1) is 8.38. The van der Waals surface area contributed by atoms with Crippen molar-refractivity contribution in [2.45, 2.75) is 40.0 Å². The highest BCUT2D eigenvalue weighted by molar-refractivity contribution is 5.78. The molecule has 1 amide bonds. The molecule has 0 fully saturated rings. The summed E-state index contributed by atoms with van der Waals surface area (Å²) in [7, 11) is 0. The number of hydrogen-bond donors (Lipinski definition) is 3. The van der Waals surface area contributed by atoms with E-state index in [0.29, 0.717) is 31.3 Å². The van der Waals surface area contributed by atoms with Crippen LogP contribution in [0.1, 0.15) is 40.0 Å². The van der Waals surface area contributed by atoms with E-state index < -0.39 is 5.97 Å². The van der Waals surface area contributed by atoms with Gasteiger partial charge in [-0.25, -0.2) is 0 Å². The normalized spacial score (nSPS) is 14.3. The van der Waals surface area contributed by atoms with E-state index in [0.717, 1.165) is 6.42 Å². The quantitative estimate of drug-likeness (QED) is 0.580. The standard InChI is InChI=1S/C13H26N2O3/c1-9(2)11(4-5-12(16)17)6-7-15-13(18)10(3)8-14/h9-11H,4-8,14H2,1-3H3,(H,15,18)(H,16,17). The van der Waals surface area contributed by atoms with Gasteiger partial charge in [-0.3, -0.25) is 9.59 Å². The highest BCUT2D eigenvalue weighted by Gasteiger charge is 2.16. The van der Waals surface area contributed by atoms with Gasteiger partial charge >= 0.3 is 5.97 Å². The molecule has 106 valence electrons. The number of carbonyl (C=O) groups excluding carboxylic acids is 1. The molecule has 0 saturated carbocycles. The summed E-state index contributed by atoms with van der Waals surface area (Å²) in [6.07, 6.45) is 1.67. The number of carbonyl (C=O) groups is 2. The Bertz CT molecular complexity index is 267. The summed E-state index contributed by atoms with van der Waals surface area (Å²) >= 11 is 0. The maximum absolute atomic E-state index is 11.5. The van der Waals surface area contributed by atoms with Crippen LogP contribution in [0.5, 0.6) is 0 Å². The highest BCUT2D eigenvalue weighted by atomic mass is 16.4. The number of nitrogens with two attached hydrogens (primary N) is 1. The number of aliphatic carboxylic acids is 1. The van der Waals surface area contributed by atoms with Gasteiger partial charge in [-0.2, -0.15) is 0 Å². The van der Waals surface area contributed by atoms with Gasteiger partial charge in [0.2, 0.25) is 5.91 Å². The van der Waals surface area contributed by atoms with Gasteiger partial charge in [-0.05, 0) is 24.7 Å². The van der Waals surface area contributed by atoms with E-state index in [1.165, 1.54) is 0 Å². The lowest BCUT2D eigenvalue weighted by Gasteiger charge is -2.20. The number of rotatable bonds is 9. The van der Waals surface area contributed by atoms with Crippen molar-refractivity contribution in [2.75, 3.05) is 13.1 Å². The van der Waals surface area contributed by atoms with Gasteiger partial charge in [0.05, 0.1) is 0 Å². The molecule has 0 radical (unpaired) electrons. The predicted octanol–water partition coefficient (Wildman–Crippen LogP) is 1.22. The molecular weight excluding hydrogens is 232 g/mol. The van der Waals surface area contributed by atoms with Crippen molar-refractivity contribution in [3.63, 3.8) is 0 Å². The first kappa shape index (κ1) is 16.9. The summed E-state index contributed by atoms with van der Waals surface area (Å²) < 4.78 is 0. The van der Waals surface area contributed by atoms with Crippen LogP contribution in [0.15, 0.2) is 0 Å². The number of amides is 1. The van der Waals surface area contributed by atoms with Crippen molar-refractivity contribution >= 4 is 11.9 Å². The molecule has 5 heteroatoms. The molecule has 0 aliphatic rings. The van der Waals surface area contributed by atoms with Gasteiger partial charge in [0.1, 0.15) is 0 Å². The lowest BCUT2D eigenvalue weighted by molar-refractivity contribution is -0.137. The van der Waals surface area contributed by atoms with Crippen molar-refractivity contribution in [1.82, 2.24) is 5.32 Å². The third-order valence-electron chi connectivity index (χ3n) is 3.29. The molecule has 0 bridgehead atoms. The number of nitrogens with one attached hydrogen (secondary N) is 1. The minimum Gasteiger partial charge on any atom is -0.481 e. The molecule has 0 saturated heterocycles. The van der Waals surface area contributed by atoms with Crippen LogP contribution in [0.2, 0.25) is 0 Å². The van der Waals surface area contributed by atoms with E-state index in [1.807, 2.05) is 0 Å². The van der Waals surface area contributed by atoms with Crippen LogP contribution < -0.4 is 11.1 Å². The average Bonchev–Trinajstić information content (AvgIpc) is 2.31. The van der Waals surface area contributed by atoms with Crippen molar-refractivity contribution in [3.05, 3.63) is 0 Å². The van der Waals surface area contributed by atoms with Crippen molar-refractivity contribution in [2.24, 2.45) is 23.5 Å². The van der Waals surface area contributed by atoms with Crippen LogP contribution in [-0.2, 0) is 9.59 Å². The number of carboxylic acids is 1. The Morgan fingerprint density at radius 2 is 1.83 bits per heavy atom. The predicted molar refractivity (Wildman–Crippen MR) is 71.0 cm³/mol. The smallest absolute Gasteiger partial charge is 0.303 e. The SMILES string of the molecule is CC(CN)C(=O)NCCC(CCC(=O)O)C(C)C. The maximum atomic E-state index is 11.5. The second kappa shape index (κ2) is 8.91. The van der Waals surface area contributed by atoms with E-state index in [1.54, 1.807) is 6.92 Å². The van der Waals surface area contributed by atoms with E-state index >= 15 is 0 Å². The summed E-state index contributed by atoms with van der Waals surface area (Å²) in [5.74, 6) is -0.205.